The molecule has 0 atom stereocenters. The van der Waals surface area contributed by atoms with Crippen molar-refractivity contribution in [3.05, 3.63) is 35.5 Å². The van der Waals surface area contributed by atoms with Crippen LogP contribution in [0.1, 0.15) is 54.4 Å². The van der Waals surface area contributed by atoms with E-state index in [1.807, 2.05) is 6.92 Å². The van der Waals surface area contributed by atoms with Crippen molar-refractivity contribution in [1.82, 2.24) is 20.6 Å². The lowest BCUT2D eigenvalue weighted by Crippen LogP contribution is -2.48. The van der Waals surface area contributed by atoms with Crippen LogP contribution in [0, 0.1) is 6.92 Å². The Balaban J connectivity index is 1.38. The molecule has 2 aliphatic heterocycles. The van der Waals surface area contributed by atoms with Crippen molar-refractivity contribution in [2.45, 2.75) is 63.5 Å². The summed E-state index contributed by atoms with van der Waals surface area (Å²) >= 11 is 0. The molecule has 0 radical (unpaired) electrons. The highest BCUT2D eigenvalue weighted by molar-refractivity contribution is 6.02. The number of carbonyl (C=O) groups excluding carboxylic acids is 2. The summed E-state index contributed by atoms with van der Waals surface area (Å²) in [7, 11) is 1.33. The Kier molecular flexibility index (Phi) is 6.98. The van der Waals surface area contributed by atoms with E-state index in [0.717, 1.165) is 62.1 Å². The van der Waals surface area contributed by atoms with Crippen molar-refractivity contribution < 1.29 is 18.4 Å². The van der Waals surface area contributed by atoms with Gasteiger partial charge in [0.25, 0.3) is 11.8 Å². The summed E-state index contributed by atoms with van der Waals surface area (Å²) in [4.78, 5) is 36.7. The standard InChI is InChI=1S/C26H33F2N7O2/c1-16-13-17(23(36)31-18-9-11-29-12-10-18)7-8-20(16)32-25-30-14-21-22(33-25)35(19-5-3-4-6-19)15-26(27,28)24(37)34(21)2/h7-8,13-14,18-19,29H,3-6,9-12,15H2,1-2H3,(H,31,36)(H,30,32,33). The minimum absolute atomic E-state index is 0.105. The summed E-state index contributed by atoms with van der Waals surface area (Å²) in [6.07, 6.45) is 6.70. The Morgan fingerprint density at radius 1 is 1.16 bits per heavy atom. The summed E-state index contributed by atoms with van der Waals surface area (Å²) < 4.78 is 29.6. The predicted octanol–water partition coefficient (Wildman–Crippen LogP) is 3.37. The third-order valence-electron chi connectivity index (χ3n) is 7.54. The number of hydrogen-bond acceptors (Lipinski definition) is 7. The number of alkyl halides is 2. The molecule has 37 heavy (non-hydrogen) atoms. The van der Waals surface area contributed by atoms with Crippen LogP contribution in [0.25, 0.3) is 0 Å². The summed E-state index contributed by atoms with van der Waals surface area (Å²) in [5.41, 5.74) is 2.36. The lowest BCUT2D eigenvalue weighted by atomic mass is 10.0. The van der Waals surface area contributed by atoms with Crippen molar-refractivity contribution in [2.75, 3.05) is 41.8 Å². The van der Waals surface area contributed by atoms with Gasteiger partial charge in [-0.25, -0.2) is 4.98 Å². The van der Waals surface area contributed by atoms with Crippen LogP contribution in [-0.2, 0) is 4.79 Å². The molecule has 1 saturated carbocycles. The molecule has 11 heteroatoms. The van der Waals surface area contributed by atoms with Crippen LogP contribution in [0.15, 0.2) is 24.4 Å². The van der Waals surface area contributed by atoms with E-state index in [-0.39, 0.29) is 29.6 Å². The number of aromatic nitrogens is 2. The lowest BCUT2D eigenvalue weighted by Gasteiger charge is -2.31. The fourth-order valence-corrected chi connectivity index (χ4v) is 5.40. The largest absolute Gasteiger partial charge is 0.349 e. The summed E-state index contributed by atoms with van der Waals surface area (Å²) in [6.45, 7) is 2.97. The molecule has 0 spiro atoms. The van der Waals surface area contributed by atoms with Gasteiger partial charge in [-0.05, 0) is 69.5 Å². The molecule has 5 rings (SSSR count). The lowest BCUT2D eigenvalue weighted by molar-refractivity contribution is -0.140. The van der Waals surface area contributed by atoms with Crippen LogP contribution in [0.2, 0.25) is 0 Å². The highest BCUT2D eigenvalue weighted by atomic mass is 19.3. The van der Waals surface area contributed by atoms with Crippen LogP contribution in [0.4, 0.5) is 31.9 Å². The van der Waals surface area contributed by atoms with Gasteiger partial charge in [0.15, 0.2) is 5.82 Å². The SMILES string of the molecule is Cc1cc(C(=O)NC2CCNCC2)ccc1Nc1ncc2c(n1)N(C1CCCC1)CC(F)(F)C(=O)N2C. The summed E-state index contributed by atoms with van der Waals surface area (Å²) in [5.74, 6) is -4.32. The number of nitrogens with one attached hydrogen (secondary N) is 3. The fraction of sp³-hybridized carbons (Fsp3) is 0.538. The van der Waals surface area contributed by atoms with Crippen LogP contribution >= 0.6 is 0 Å². The number of nitrogens with zero attached hydrogens (tertiary/aromatic N) is 4. The quantitative estimate of drug-likeness (QED) is 0.563. The van der Waals surface area contributed by atoms with Crippen molar-refractivity contribution in [1.29, 1.82) is 0 Å². The van der Waals surface area contributed by atoms with Gasteiger partial charge in [0.1, 0.15) is 5.69 Å². The maximum absolute atomic E-state index is 14.8. The maximum atomic E-state index is 14.8. The maximum Gasteiger partial charge on any atom is 0.342 e. The molecule has 2 aromatic rings. The Labute approximate surface area is 215 Å². The van der Waals surface area contributed by atoms with Crippen LogP contribution in [0.5, 0.6) is 0 Å². The number of halogens is 2. The van der Waals surface area contributed by atoms with Gasteiger partial charge in [-0.1, -0.05) is 12.8 Å². The number of benzene rings is 1. The molecular weight excluding hydrogens is 480 g/mol. The van der Waals surface area contributed by atoms with Gasteiger partial charge in [0.2, 0.25) is 5.95 Å². The van der Waals surface area contributed by atoms with Crippen molar-refractivity contribution in [2.24, 2.45) is 0 Å². The number of hydrogen-bond donors (Lipinski definition) is 3. The van der Waals surface area contributed by atoms with E-state index in [2.05, 4.69) is 25.9 Å². The summed E-state index contributed by atoms with van der Waals surface area (Å²) in [5, 5.41) is 9.55. The molecule has 198 valence electrons. The van der Waals surface area contributed by atoms with E-state index in [0.29, 0.717) is 17.1 Å². The molecule has 2 fully saturated rings. The zero-order valence-electron chi connectivity index (χ0n) is 21.2. The Hall–Kier alpha value is -3.34. The molecule has 1 aliphatic carbocycles. The molecule has 1 aromatic heterocycles. The zero-order valence-corrected chi connectivity index (χ0v) is 21.2. The highest BCUT2D eigenvalue weighted by Gasteiger charge is 2.48. The average molecular weight is 514 g/mol. The number of fused-ring (bicyclic) bond motifs is 1. The van der Waals surface area contributed by atoms with E-state index < -0.39 is 18.4 Å². The molecule has 9 nitrogen and oxygen atoms in total. The first-order valence-electron chi connectivity index (χ1n) is 12.9. The Bertz CT molecular complexity index is 1180. The van der Waals surface area contributed by atoms with E-state index >= 15 is 0 Å². The number of rotatable bonds is 5. The van der Waals surface area contributed by atoms with Gasteiger partial charge in [0, 0.05) is 30.4 Å². The Morgan fingerprint density at radius 2 is 1.89 bits per heavy atom. The van der Waals surface area contributed by atoms with Crippen LogP contribution < -0.4 is 25.8 Å². The molecule has 3 N–H and O–H groups in total. The van der Waals surface area contributed by atoms with Gasteiger partial charge in [0.05, 0.1) is 12.7 Å². The molecule has 1 saturated heterocycles. The van der Waals surface area contributed by atoms with Crippen LogP contribution in [-0.4, -0.2) is 66.5 Å². The number of piperidine rings is 1. The molecule has 0 unspecified atom stereocenters. The normalized spacial score (nSPS) is 20.5. The van der Waals surface area contributed by atoms with E-state index in [4.69, 9.17) is 0 Å². The second-order valence-corrected chi connectivity index (χ2v) is 10.2. The minimum Gasteiger partial charge on any atom is -0.349 e. The molecule has 1 aromatic carbocycles. The number of amides is 2. The van der Waals surface area contributed by atoms with Gasteiger partial charge >= 0.3 is 5.92 Å². The smallest absolute Gasteiger partial charge is 0.342 e. The Morgan fingerprint density at radius 3 is 2.59 bits per heavy atom. The van der Waals surface area contributed by atoms with Crippen LogP contribution in [0.3, 0.4) is 0 Å². The van der Waals surface area contributed by atoms with Gasteiger partial charge in [-0.15, -0.1) is 0 Å². The first-order valence-corrected chi connectivity index (χ1v) is 12.9. The third-order valence-corrected chi connectivity index (χ3v) is 7.54. The molecular formula is C26H33F2N7O2. The fourth-order valence-electron chi connectivity index (χ4n) is 5.40. The monoisotopic (exact) mass is 513 g/mol. The molecule has 3 heterocycles. The number of anilines is 4. The second-order valence-electron chi connectivity index (χ2n) is 10.2. The van der Waals surface area contributed by atoms with Gasteiger partial charge in [-0.2, -0.15) is 13.8 Å². The minimum atomic E-state index is -3.52. The first-order chi connectivity index (χ1) is 17.7. The van der Waals surface area contributed by atoms with Gasteiger partial charge in [-0.3, -0.25) is 9.59 Å². The summed E-state index contributed by atoms with van der Waals surface area (Å²) in [6, 6.07) is 5.40. The van der Waals surface area contributed by atoms with E-state index in [1.165, 1.54) is 13.2 Å². The molecule has 0 bridgehead atoms. The van der Waals surface area contributed by atoms with E-state index in [9.17, 15) is 18.4 Å². The van der Waals surface area contributed by atoms with Crippen molar-refractivity contribution in [3.8, 4) is 0 Å². The van der Waals surface area contributed by atoms with Crippen molar-refractivity contribution >= 4 is 35.0 Å². The predicted molar refractivity (Wildman–Crippen MR) is 138 cm³/mol. The van der Waals surface area contributed by atoms with Crippen molar-refractivity contribution in [3.63, 3.8) is 0 Å². The third kappa shape index (κ3) is 5.22. The second kappa shape index (κ2) is 10.2. The topological polar surface area (TPSA) is 102 Å². The van der Waals surface area contributed by atoms with Gasteiger partial charge < -0.3 is 25.8 Å². The first kappa shape index (κ1) is 25.3. The molecule has 3 aliphatic rings. The van der Waals surface area contributed by atoms with E-state index in [1.54, 1.807) is 23.1 Å². The number of carbonyl (C=O) groups is 2. The highest BCUT2D eigenvalue weighted by Crippen LogP contribution is 2.39. The zero-order chi connectivity index (χ0) is 26.2. The average Bonchev–Trinajstić information content (AvgIpc) is 3.41. The number of aryl methyl sites for hydroxylation is 1. The molecule has 2 amide bonds.